The number of ether oxygens (including phenoxy) is 2. The first-order valence-electron chi connectivity index (χ1n) is 11.3. The smallest absolute Gasteiger partial charge is 0.200 e. The molecule has 0 bridgehead atoms. The monoisotopic (exact) mass is 426 g/mol. The fourth-order valence-electron chi connectivity index (χ4n) is 3.72. The lowest BCUT2D eigenvalue weighted by molar-refractivity contribution is 0.221. The van der Waals surface area contributed by atoms with Gasteiger partial charge in [-0.05, 0) is 50.4 Å². The van der Waals surface area contributed by atoms with Crippen LogP contribution >= 0.6 is 0 Å². The molecule has 0 amide bonds. The van der Waals surface area contributed by atoms with E-state index >= 15 is 0 Å². The van der Waals surface area contributed by atoms with Crippen molar-refractivity contribution >= 4 is 21.9 Å². The third-order valence-corrected chi connectivity index (χ3v) is 5.77. The molecule has 1 aromatic heterocycles. The summed E-state index contributed by atoms with van der Waals surface area (Å²) in [4.78, 5) is 17.7. The van der Waals surface area contributed by atoms with Crippen molar-refractivity contribution < 1.29 is 13.9 Å². The number of hydrogen-bond acceptors (Lipinski definition) is 6. The van der Waals surface area contributed by atoms with Crippen molar-refractivity contribution in [3.05, 3.63) is 46.6 Å². The normalized spacial score (nSPS) is 11.7. The minimum atomic E-state index is -0.0698. The maximum atomic E-state index is 13.2. The number of fused-ring (bicyclic) bond motifs is 2. The van der Waals surface area contributed by atoms with Gasteiger partial charge >= 0.3 is 0 Å². The molecule has 0 radical (unpaired) electrons. The third kappa shape index (κ3) is 5.38. The van der Waals surface area contributed by atoms with Gasteiger partial charge in [0, 0.05) is 13.1 Å². The lowest BCUT2D eigenvalue weighted by atomic mass is 10.1. The molecule has 3 rings (SSSR count). The van der Waals surface area contributed by atoms with Gasteiger partial charge in [-0.2, -0.15) is 0 Å². The number of hydrogen-bond donors (Lipinski definition) is 0. The second kappa shape index (κ2) is 11.2. The highest BCUT2D eigenvalue weighted by atomic mass is 16.5. The Morgan fingerprint density at radius 2 is 1.13 bits per heavy atom. The average molecular weight is 427 g/mol. The summed E-state index contributed by atoms with van der Waals surface area (Å²) >= 11 is 0. The second-order valence-corrected chi connectivity index (χ2v) is 7.45. The van der Waals surface area contributed by atoms with Crippen LogP contribution in [0.2, 0.25) is 0 Å². The van der Waals surface area contributed by atoms with Crippen LogP contribution in [-0.4, -0.2) is 62.3 Å². The van der Waals surface area contributed by atoms with Crippen molar-refractivity contribution in [1.29, 1.82) is 0 Å². The summed E-state index contributed by atoms with van der Waals surface area (Å²) in [6.45, 7) is 15.1. The van der Waals surface area contributed by atoms with Crippen molar-refractivity contribution in [3.63, 3.8) is 0 Å². The Morgan fingerprint density at radius 3 is 1.52 bits per heavy atom. The minimum Gasteiger partial charge on any atom is -0.488 e. The van der Waals surface area contributed by atoms with E-state index in [0.717, 1.165) is 39.3 Å². The number of likely N-dealkylation sites (N-methyl/N-ethyl adjacent to an activating group) is 2. The van der Waals surface area contributed by atoms with Crippen molar-refractivity contribution in [2.75, 3.05) is 52.5 Å². The van der Waals surface area contributed by atoms with Gasteiger partial charge < -0.3 is 23.7 Å². The quantitative estimate of drug-likeness (QED) is 0.401. The molecule has 2 aromatic carbocycles. The molecule has 168 valence electrons. The molecule has 3 aromatic rings. The summed E-state index contributed by atoms with van der Waals surface area (Å²) in [5, 5.41) is 1.04. The Labute approximate surface area is 184 Å². The van der Waals surface area contributed by atoms with Crippen LogP contribution in [0, 0.1) is 0 Å². The molecule has 1 heterocycles. The van der Waals surface area contributed by atoms with Crippen LogP contribution in [-0.2, 0) is 0 Å². The molecule has 6 nitrogen and oxygen atoms in total. The molecule has 0 unspecified atom stereocenters. The standard InChI is InChI=1S/C25H34N2O4/c1-5-26(6-2)15-17-29-21-13-9-11-19-23(28)20-12-10-14-22(25(20)31-24(19)21)30-18-16-27(7-3)8-4/h9-14H,5-8,15-18H2,1-4H3. The SMILES string of the molecule is CCN(CC)CCOc1cccc2c(=O)c3cccc(OCCN(CC)CC)c3oc12. The summed E-state index contributed by atoms with van der Waals surface area (Å²) < 4.78 is 18.3. The van der Waals surface area contributed by atoms with Gasteiger partial charge in [-0.15, -0.1) is 0 Å². The van der Waals surface area contributed by atoms with Crippen molar-refractivity contribution in [2.45, 2.75) is 27.7 Å². The maximum Gasteiger partial charge on any atom is 0.200 e. The molecular formula is C25H34N2O4. The zero-order valence-corrected chi connectivity index (χ0v) is 19.1. The number of rotatable bonds is 12. The van der Waals surface area contributed by atoms with E-state index in [1.807, 2.05) is 24.3 Å². The number of para-hydroxylation sites is 2. The minimum absolute atomic E-state index is 0.0698. The Bertz CT molecular complexity index is 960. The van der Waals surface area contributed by atoms with E-state index in [1.54, 1.807) is 12.1 Å². The van der Waals surface area contributed by atoms with Crippen LogP contribution < -0.4 is 14.9 Å². The van der Waals surface area contributed by atoms with Crippen LogP contribution in [0.3, 0.4) is 0 Å². The molecule has 0 saturated heterocycles. The third-order valence-electron chi connectivity index (χ3n) is 5.77. The molecule has 0 aliphatic rings. The van der Waals surface area contributed by atoms with Gasteiger partial charge in [-0.25, -0.2) is 0 Å². The summed E-state index contributed by atoms with van der Waals surface area (Å²) in [5.74, 6) is 1.17. The van der Waals surface area contributed by atoms with Crippen molar-refractivity contribution in [1.82, 2.24) is 9.80 Å². The van der Waals surface area contributed by atoms with E-state index in [9.17, 15) is 4.79 Å². The van der Waals surface area contributed by atoms with E-state index in [4.69, 9.17) is 13.9 Å². The van der Waals surface area contributed by atoms with Crippen LogP contribution in [0.5, 0.6) is 11.5 Å². The van der Waals surface area contributed by atoms with E-state index in [1.165, 1.54) is 0 Å². The summed E-state index contributed by atoms with van der Waals surface area (Å²) in [5.41, 5.74) is 0.873. The van der Waals surface area contributed by atoms with Crippen LogP contribution in [0.4, 0.5) is 0 Å². The molecule has 0 atom stereocenters. The van der Waals surface area contributed by atoms with Gasteiger partial charge in [0.2, 0.25) is 5.43 Å². The molecule has 0 aliphatic heterocycles. The average Bonchev–Trinajstić information content (AvgIpc) is 2.80. The summed E-state index contributed by atoms with van der Waals surface area (Å²) in [6, 6.07) is 10.9. The second-order valence-electron chi connectivity index (χ2n) is 7.45. The molecule has 0 fully saturated rings. The predicted octanol–water partition coefficient (Wildman–Crippen LogP) is 4.39. The molecule has 0 saturated carbocycles. The van der Waals surface area contributed by atoms with Crippen molar-refractivity contribution in [2.24, 2.45) is 0 Å². The first-order valence-corrected chi connectivity index (χ1v) is 11.3. The van der Waals surface area contributed by atoms with Gasteiger partial charge in [0.1, 0.15) is 13.2 Å². The fourth-order valence-corrected chi connectivity index (χ4v) is 3.72. The van der Waals surface area contributed by atoms with Crippen molar-refractivity contribution in [3.8, 4) is 11.5 Å². The van der Waals surface area contributed by atoms with E-state index < -0.39 is 0 Å². The van der Waals surface area contributed by atoms with Crippen LogP contribution in [0.25, 0.3) is 21.9 Å². The van der Waals surface area contributed by atoms with Gasteiger partial charge in [-0.3, -0.25) is 4.79 Å². The number of nitrogens with zero attached hydrogens (tertiary/aromatic N) is 2. The highest BCUT2D eigenvalue weighted by molar-refractivity contribution is 5.94. The van der Waals surface area contributed by atoms with E-state index in [-0.39, 0.29) is 5.43 Å². The van der Waals surface area contributed by atoms with Crippen LogP contribution in [0.1, 0.15) is 27.7 Å². The summed E-state index contributed by atoms with van der Waals surface area (Å²) in [7, 11) is 0. The van der Waals surface area contributed by atoms with Gasteiger partial charge in [0.05, 0.1) is 10.8 Å². The molecular weight excluding hydrogens is 392 g/mol. The predicted molar refractivity (Wildman–Crippen MR) is 127 cm³/mol. The maximum absolute atomic E-state index is 13.2. The molecule has 31 heavy (non-hydrogen) atoms. The zero-order chi connectivity index (χ0) is 22.2. The van der Waals surface area contributed by atoms with E-state index in [2.05, 4.69) is 37.5 Å². The molecule has 6 heteroatoms. The Balaban J connectivity index is 1.91. The Kier molecular flexibility index (Phi) is 8.32. The van der Waals surface area contributed by atoms with Gasteiger partial charge in [0.15, 0.2) is 22.7 Å². The largest absolute Gasteiger partial charge is 0.488 e. The number of benzene rings is 2. The molecule has 0 aliphatic carbocycles. The fraction of sp³-hybridized carbons (Fsp3) is 0.480. The summed E-state index contributed by atoms with van der Waals surface area (Å²) in [6.07, 6.45) is 0. The molecule has 0 N–H and O–H groups in total. The topological polar surface area (TPSA) is 55.1 Å². The lowest BCUT2D eigenvalue weighted by Crippen LogP contribution is -2.28. The first kappa shape index (κ1) is 23.1. The first-order chi connectivity index (χ1) is 15.1. The van der Waals surface area contributed by atoms with Gasteiger partial charge in [-0.1, -0.05) is 39.8 Å². The Morgan fingerprint density at radius 1 is 0.710 bits per heavy atom. The highest BCUT2D eigenvalue weighted by Gasteiger charge is 2.15. The van der Waals surface area contributed by atoms with E-state index in [0.29, 0.717) is 46.7 Å². The zero-order valence-electron chi connectivity index (χ0n) is 19.1. The van der Waals surface area contributed by atoms with Gasteiger partial charge in [0.25, 0.3) is 0 Å². The molecule has 0 spiro atoms. The Hall–Kier alpha value is -2.57. The lowest BCUT2D eigenvalue weighted by Gasteiger charge is -2.19. The van der Waals surface area contributed by atoms with Crippen LogP contribution in [0.15, 0.2) is 45.6 Å². The highest BCUT2D eigenvalue weighted by Crippen LogP contribution is 2.31.